The quantitative estimate of drug-likeness (QED) is 0.634. The first-order chi connectivity index (χ1) is 9.54. The fourth-order valence-corrected chi connectivity index (χ4v) is 1.82. The highest BCUT2D eigenvalue weighted by atomic mass is 16.2. The minimum Gasteiger partial charge on any atom is -0.384 e. The molecule has 2 amide bonds. The van der Waals surface area contributed by atoms with E-state index in [1.54, 1.807) is 0 Å². The normalized spacial score (nSPS) is 10.1. The molecule has 0 saturated carbocycles. The van der Waals surface area contributed by atoms with Gasteiger partial charge in [0, 0.05) is 25.2 Å². The van der Waals surface area contributed by atoms with E-state index in [-0.39, 0.29) is 18.2 Å². The van der Waals surface area contributed by atoms with Gasteiger partial charge in [0.05, 0.1) is 5.56 Å². The van der Waals surface area contributed by atoms with Crippen LogP contribution in [0.15, 0.2) is 18.2 Å². The number of amides is 2. The topological polar surface area (TPSA) is 84.2 Å². The maximum Gasteiger partial charge on any atom is 0.253 e. The van der Waals surface area contributed by atoms with Crippen LogP contribution in [0.5, 0.6) is 0 Å². The largest absolute Gasteiger partial charge is 0.384 e. The highest BCUT2D eigenvalue weighted by Crippen LogP contribution is 2.17. The molecule has 0 spiro atoms. The number of anilines is 1. The van der Waals surface area contributed by atoms with E-state index in [1.165, 1.54) is 0 Å². The molecule has 1 aromatic carbocycles. The molecule has 0 aromatic heterocycles. The van der Waals surface area contributed by atoms with Crippen LogP contribution >= 0.6 is 0 Å². The molecular weight excluding hydrogens is 254 g/mol. The number of hydrogen-bond acceptors (Lipinski definition) is 3. The number of benzene rings is 1. The van der Waals surface area contributed by atoms with E-state index in [1.807, 2.05) is 25.1 Å². The van der Waals surface area contributed by atoms with Crippen molar-refractivity contribution in [2.45, 2.75) is 33.1 Å². The van der Waals surface area contributed by atoms with E-state index in [0.717, 1.165) is 24.2 Å². The fourth-order valence-electron chi connectivity index (χ4n) is 1.82. The number of carbonyl (C=O) groups excluding carboxylic acids is 2. The lowest BCUT2D eigenvalue weighted by Crippen LogP contribution is -2.26. The maximum atomic E-state index is 12.1. The van der Waals surface area contributed by atoms with Crippen molar-refractivity contribution in [3.05, 3.63) is 29.3 Å². The number of nitrogens with two attached hydrogens (primary N) is 1. The second kappa shape index (κ2) is 8.19. The first-order valence-electron chi connectivity index (χ1n) is 6.95. The number of nitrogens with one attached hydrogen (secondary N) is 2. The molecule has 5 nitrogen and oxygen atoms in total. The number of aryl methyl sites for hydroxylation is 1. The molecule has 0 saturated heterocycles. The van der Waals surface area contributed by atoms with E-state index in [4.69, 9.17) is 5.73 Å². The van der Waals surface area contributed by atoms with Gasteiger partial charge in [0.1, 0.15) is 0 Å². The number of hydrogen-bond donors (Lipinski definition) is 3. The van der Waals surface area contributed by atoms with Gasteiger partial charge in [0.2, 0.25) is 5.91 Å². The standard InChI is InChI=1S/C15H23N3O2/c1-3-8-17-13-10-11(2)6-7-12(13)15(20)18-9-4-5-14(16)19/h6-7,10,17H,3-5,8-9H2,1-2H3,(H2,16,19)(H,18,20). The van der Waals surface area contributed by atoms with Crippen molar-refractivity contribution in [1.82, 2.24) is 5.32 Å². The summed E-state index contributed by atoms with van der Waals surface area (Å²) in [5.41, 5.74) is 7.63. The molecule has 0 aliphatic rings. The first-order valence-corrected chi connectivity index (χ1v) is 6.95. The average Bonchev–Trinajstić information content (AvgIpc) is 2.41. The Labute approximate surface area is 119 Å². The summed E-state index contributed by atoms with van der Waals surface area (Å²) in [5, 5.41) is 6.06. The second-order valence-corrected chi connectivity index (χ2v) is 4.80. The van der Waals surface area contributed by atoms with Gasteiger partial charge in [0.15, 0.2) is 0 Å². The Balaban J connectivity index is 2.63. The summed E-state index contributed by atoms with van der Waals surface area (Å²) in [6.45, 7) is 5.34. The van der Waals surface area contributed by atoms with Crippen molar-refractivity contribution in [2.24, 2.45) is 5.73 Å². The zero-order valence-corrected chi connectivity index (χ0v) is 12.2. The molecule has 0 unspecified atom stereocenters. The summed E-state index contributed by atoms with van der Waals surface area (Å²) in [6.07, 6.45) is 1.84. The van der Waals surface area contributed by atoms with Crippen LogP contribution in [-0.2, 0) is 4.79 Å². The van der Waals surface area contributed by atoms with Gasteiger partial charge >= 0.3 is 0 Å². The third-order valence-corrected chi connectivity index (χ3v) is 2.87. The van der Waals surface area contributed by atoms with Crippen LogP contribution in [0, 0.1) is 6.92 Å². The predicted molar refractivity (Wildman–Crippen MR) is 80.7 cm³/mol. The number of carbonyl (C=O) groups is 2. The number of rotatable bonds is 8. The molecular formula is C15H23N3O2. The zero-order valence-electron chi connectivity index (χ0n) is 12.2. The molecule has 0 aliphatic carbocycles. The molecule has 5 heteroatoms. The first kappa shape index (κ1) is 16.0. The summed E-state index contributed by atoms with van der Waals surface area (Å²) >= 11 is 0. The van der Waals surface area contributed by atoms with Crippen LogP contribution < -0.4 is 16.4 Å². The lowest BCUT2D eigenvalue weighted by molar-refractivity contribution is -0.118. The van der Waals surface area contributed by atoms with Crippen molar-refractivity contribution >= 4 is 17.5 Å². The van der Waals surface area contributed by atoms with E-state index in [0.29, 0.717) is 18.5 Å². The Morgan fingerprint density at radius 3 is 2.65 bits per heavy atom. The van der Waals surface area contributed by atoms with Gasteiger partial charge in [-0.1, -0.05) is 13.0 Å². The van der Waals surface area contributed by atoms with Gasteiger partial charge in [-0.25, -0.2) is 0 Å². The van der Waals surface area contributed by atoms with Crippen LogP contribution in [0.25, 0.3) is 0 Å². The summed E-state index contributed by atoms with van der Waals surface area (Å²) < 4.78 is 0. The van der Waals surface area contributed by atoms with Crippen molar-refractivity contribution in [2.75, 3.05) is 18.4 Å². The van der Waals surface area contributed by atoms with Gasteiger partial charge in [-0.15, -0.1) is 0 Å². The molecule has 0 atom stereocenters. The highest BCUT2D eigenvalue weighted by Gasteiger charge is 2.10. The van der Waals surface area contributed by atoms with Crippen molar-refractivity contribution in [1.29, 1.82) is 0 Å². The van der Waals surface area contributed by atoms with Gasteiger partial charge in [0.25, 0.3) is 5.91 Å². The van der Waals surface area contributed by atoms with Crippen LogP contribution in [0.2, 0.25) is 0 Å². The Morgan fingerprint density at radius 1 is 1.25 bits per heavy atom. The summed E-state index contributed by atoms with van der Waals surface area (Å²) in [7, 11) is 0. The molecule has 110 valence electrons. The highest BCUT2D eigenvalue weighted by molar-refractivity contribution is 5.99. The van der Waals surface area contributed by atoms with Crippen LogP contribution in [0.4, 0.5) is 5.69 Å². The molecule has 0 radical (unpaired) electrons. The van der Waals surface area contributed by atoms with E-state index in [9.17, 15) is 9.59 Å². The Bertz CT molecular complexity index is 472. The molecule has 20 heavy (non-hydrogen) atoms. The molecule has 1 rings (SSSR count). The minimum atomic E-state index is -0.347. The van der Waals surface area contributed by atoms with Crippen molar-refractivity contribution in [3.63, 3.8) is 0 Å². The van der Waals surface area contributed by atoms with Crippen LogP contribution in [-0.4, -0.2) is 24.9 Å². The summed E-state index contributed by atoms with van der Waals surface area (Å²) in [4.78, 5) is 22.7. The molecule has 0 heterocycles. The lowest BCUT2D eigenvalue weighted by atomic mass is 10.1. The van der Waals surface area contributed by atoms with Gasteiger partial charge < -0.3 is 16.4 Å². The Kier molecular flexibility index (Phi) is 6.56. The second-order valence-electron chi connectivity index (χ2n) is 4.80. The monoisotopic (exact) mass is 277 g/mol. The smallest absolute Gasteiger partial charge is 0.253 e. The zero-order chi connectivity index (χ0) is 15.0. The molecule has 0 fully saturated rings. The third kappa shape index (κ3) is 5.30. The van der Waals surface area contributed by atoms with E-state index >= 15 is 0 Å². The molecule has 0 aliphatic heterocycles. The predicted octanol–water partition coefficient (Wildman–Crippen LogP) is 1.81. The molecule has 1 aromatic rings. The average molecular weight is 277 g/mol. The lowest BCUT2D eigenvalue weighted by Gasteiger charge is -2.12. The SMILES string of the molecule is CCCNc1cc(C)ccc1C(=O)NCCCC(N)=O. The van der Waals surface area contributed by atoms with Crippen LogP contribution in [0.3, 0.4) is 0 Å². The fraction of sp³-hybridized carbons (Fsp3) is 0.467. The van der Waals surface area contributed by atoms with Crippen LogP contribution in [0.1, 0.15) is 42.1 Å². The molecule has 0 bridgehead atoms. The van der Waals surface area contributed by atoms with Gasteiger partial charge in [-0.3, -0.25) is 9.59 Å². The van der Waals surface area contributed by atoms with Gasteiger partial charge in [-0.2, -0.15) is 0 Å². The maximum absolute atomic E-state index is 12.1. The summed E-state index contributed by atoms with van der Waals surface area (Å²) in [6, 6.07) is 5.69. The third-order valence-electron chi connectivity index (χ3n) is 2.87. The van der Waals surface area contributed by atoms with Crippen molar-refractivity contribution < 1.29 is 9.59 Å². The van der Waals surface area contributed by atoms with E-state index < -0.39 is 0 Å². The Morgan fingerprint density at radius 2 is 2.00 bits per heavy atom. The summed E-state index contributed by atoms with van der Waals surface area (Å²) in [5.74, 6) is -0.479. The van der Waals surface area contributed by atoms with E-state index in [2.05, 4.69) is 17.6 Å². The Hall–Kier alpha value is -2.04. The van der Waals surface area contributed by atoms with Crippen molar-refractivity contribution in [3.8, 4) is 0 Å². The minimum absolute atomic E-state index is 0.131. The number of primary amides is 1. The van der Waals surface area contributed by atoms with Gasteiger partial charge in [-0.05, 0) is 37.5 Å². The molecule has 4 N–H and O–H groups in total.